The minimum atomic E-state index is -1.56. The Morgan fingerprint density at radius 3 is 1.78 bits per heavy atom. The predicted octanol–water partition coefficient (Wildman–Crippen LogP) is 2.06. The van der Waals surface area contributed by atoms with Crippen LogP contribution in [0.15, 0.2) is 79.1 Å². The number of aromatic nitrogens is 2. The van der Waals surface area contributed by atoms with Gasteiger partial charge < -0.3 is 19.9 Å². The third kappa shape index (κ3) is 3.81. The van der Waals surface area contributed by atoms with Crippen molar-refractivity contribution in [2.45, 2.75) is 24.7 Å². The molecule has 9 nitrogen and oxygen atoms in total. The molecule has 4 atom stereocenters. The summed E-state index contributed by atoms with van der Waals surface area (Å²) in [6, 6.07) is 19.2. The van der Waals surface area contributed by atoms with Gasteiger partial charge in [-0.25, -0.2) is 0 Å². The van der Waals surface area contributed by atoms with Gasteiger partial charge in [0.2, 0.25) is 0 Å². The molecule has 2 aromatic heterocycles. The van der Waals surface area contributed by atoms with Crippen molar-refractivity contribution in [1.82, 2.24) is 20.2 Å². The molecule has 0 amide bonds. The molecule has 9 heteroatoms. The van der Waals surface area contributed by atoms with E-state index in [-0.39, 0.29) is 13.1 Å². The SMILES string of the molecule is COC(=O)C12CNCC(C(=O)OC)(C(c3ccccn3)N(Cc3ccccc3)C1c1ccccn1)C2O. The smallest absolute Gasteiger partial charge is 0.317 e. The maximum absolute atomic E-state index is 13.7. The van der Waals surface area contributed by atoms with Crippen molar-refractivity contribution in [2.75, 3.05) is 27.3 Å². The monoisotopic (exact) mass is 502 g/mol. The van der Waals surface area contributed by atoms with E-state index < -0.39 is 41.0 Å². The Balaban J connectivity index is 1.84. The van der Waals surface area contributed by atoms with Crippen LogP contribution in [-0.2, 0) is 25.6 Å². The Labute approximate surface area is 215 Å². The first kappa shape index (κ1) is 25.0. The molecule has 2 aliphatic heterocycles. The third-order valence-corrected chi connectivity index (χ3v) is 7.72. The van der Waals surface area contributed by atoms with Crippen LogP contribution in [0.5, 0.6) is 0 Å². The topological polar surface area (TPSA) is 114 Å². The van der Waals surface area contributed by atoms with Crippen molar-refractivity contribution in [3.8, 4) is 0 Å². The summed E-state index contributed by atoms with van der Waals surface area (Å²) in [6.07, 6.45) is 1.86. The number of nitrogens with zero attached hydrogens (tertiary/aromatic N) is 3. The molecule has 2 N–H and O–H groups in total. The zero-order valence-electron chi connectivity index (χ0n) is 20.8. The Morgan fingerprint density at radius 1 is 0.865 bits per heavy atom. The van der Waals surface area contributed by atoms with Crippen molar-refractivity contribution in [3.63, 3.8) is 0 Å². The average Bonchev–Trinajstić information content (AvgIpc) is 2.94. The number of rotatable bonds is 6. The largest absolute Gasteiger partial charge is 0.468 e. The highest BCUT2D eigenvalue weighted by atomic mass is 16.5. The average molecular weight is 503 g/mol. The zero-order chi connectivity index (χ0) is 26.0. The number of hydrogen-bond acceptors (Lipinski definition) is 9. The second-order valence-corrected chi connectivity index (χ2v) is 9.54. The second kappa shape index (κ2) is 10.0. The Hall–Kier alpha value is -3.66. The van der Waals surface area contributed by atoms with Crippen molar-refractivity contribution in [2.24, 2.45) is 10.8 Å². The van der Waals surface area contributed by atoms with E-state index >= 15 is 0 Å². The summed E-state index contributed by atoms with van der Waals surface area (Å²) in [6.45, 7) is 0.523. The first-order chi connectivity index (χ1) is 18.0. The Kier molecular flexibility index (Phi) is 6.76. The van der Waals surface area contributed by atoms with Crippen LogP contribution in [-0.4, -0.2) is 65.3 Å². The predicted molar refractivity (Wildman–Crippen MR) is 134 cm³/mol. The quantitative estimate of drug-likeness (QED) is 0.489. The van der Waals surface area contributed by atoms with E-state index in [1.54, 1.807) is 24.5 Å². The van der Waals surface area contributed by atoms with Gasteiger partial charge in [0.1, 0.15) is 10.8 Å². The maximum atomic E-state index is 13.7. The van der Waals surface area contributed by atoms with E-state index in [2.05, 4.69) is 20.2 Å². The molecule has 1 aromatic carbocycles. The van der Waals surface area contributed by atoms with Gasteiger partial charge in [0.05, 0.1) is 43.8 Å². The lowest BCUT2D eigenvalue weighted by atomic mass is 9.53. The molecule has 2 aliphatic rings. The molecular weight excluding hydrogens is 472 g/mol. The number of fused-ring (bicyclic) bond motifs is 2. The fraction of sp³-hybridized carbons (Fsp3) is 0.357. The number of hydrogen-bond donors (Lipinski definition) is 2. The summed E-state index contributed by atoms with van der Waals surface area (Å²) in [4.78, 5) is 38.8. The normalized spacial score (nSPS) is 29.3. The molecule has 2 saturated heterocycles. The number of aliphatic hydroxyl groups excluding tert-OH is 1. The maximum Gasteiger partial charge on any atom is 0.317 e. The van der Waals surface area contributed by atoms with E-state index in [0.717, 1.165) is 5.56 Å². The fourth-order valence-electron chi connectivity index (χ4n) is 6.25. The van der Waals surface area contributed by atoms with Gasteiger partial charge >= 0.3 is 11.9 Å². The minimum Gasteiger partial charge on any atom is -0.468 e. The lowest BCUT2D eigenvalue weighted by molar-refractivity contribution is -0.238. The third-order valence-electron chi connectivity index (χ3n) is 7.72. The van der Waals surface area contributed by atoms with Crippen LogP contribution in [0.3, 0.4) is 0 Å². The molecule has 4 heterocycles. The van der Waals surface area contributed by atoms with Crippen LogP contribution < -0.4 is 5.32 Å². The molecular formula is C28H30N4O5. The number of methoxy groups -OCH3 is 2. The van der Waals surface area contributed by atoms with Gasteiger partial charge in [-0.15, -0.1) is 0 Å². The summed E-state index contributed by atoms with van der Waals surface area (Å²) < 4.78 is 10.7. The van der Waals surface area contributed by atoms with Crippen LogP contribution in [0.1, 0.15) is 29.0 Å². The van der Waals surface area contributed by atoms with E-state index in [9.17, 15) is 14.7 Å². The van der Waals surface area contributed by atoms with Gasteiger partial charge in [-0.05, 0) is 29.8 Å². The number of esters is 2. The zero-order valence-corrected chi connectivity index (χ0v) is 20.8. The molecule has 2 fully saturated rings. The van der Waals surface area contributed by atoms with Crippen molar-refractivity contribution in [1.29, 1.82) is 0 Å². The molecule has 0 aliphatic carbocycles. The fourth-order valence-corrected chi connectivity index (χ4v) is 6.25. The second-order valence-electron chi connectivity index (χ2n) is 9.54. The highest BCUT2D eigenvalue weighted by molar-refractivity contribution is 5.86. The Bertz CT molecular complexity index is 1170. The number of carbonyl (C=O) groups is 2. The van der Waals surface area contributed by atoms with Gasteiger partial charge in [0.25, 0.3) is 0 Å². The molecule has 192 valence electrons. The number of likely N-dealkylation sites (tertiary alicyclic amines) is 1. The van der Waals surface area contributed by atoms with Crippen LogP contribution in [0.25, 0.3) is 0 Å². The van der Waals surface area contributed by atoms with Crippen LogP contribution >= 0.6 is 0 Å². The first-order valence-corrected chi connectivity index (χ1v) is 12.2. The molecule has 0 spiro atoms. The molecule has 37 heavy (non-hydrogen) atoms. The summed E-state index contributed by atoms with van der Waals surface area (Å²) in [7, 11) is 2.58. The van der Waals surface area contributed by atoms with Crippen LogP contribution in [0.2, 0.25) is 0 Å². The van der Waals surface area contributed by atoms with Crippen molar-refractivity contribution < 1.29 is 24.2 Å². The Morgan fingerprint density at radius 2 is 1.35 bits per heavy atom. The summed E-state index contributed by atoms with van der Waals surface area (Å²) in [5, 5.41) is 15.5. The van der Waals surface area contributed by atoms with Crippen molar-refractivity contribution >= 4 is 11.9 Å². The number of benzene rings is 1. The lowest BCUT2D eigenvalue weighted by Gasteiger charge is -2.63. The van der Waals surface area contributed by atoms with E-state index in [0.29, 0.717) is 17.9 Å². The van der Waals surface area contributed by atoms with Gasteiger partial charge in [-0.1, -0.05) is 42.5 Å². The number of piperidine rings is 2. The lowest BCUT2D eigenvalue weighted by Crippen LogP contribution is -2.77. The number of ether oxygens (including phenoxy) is 2. The molecule has 4 unspecified atom stereocenters. The van der Waals surface area contributed by atoms with Crippen LogP contribution in [0, 0.1) is 10.8 Å². The number of pyridine rings is 2. The standard InChI is InChI=1S/C28H30N4O5/c1-36-25(34)27-17-29-18-28(24(27)33,26(35)37-2)23(21-13-7-9-15-31-21)32(16-19-10-4-3-5-11-19)22(27)20-12-6-8-14-30-20/h3-15,22-24,29,33H,16-18H2,1-2H3. The van der Waals surface area contributed by atoms with Gasteiger partial charge in [-0.2, -0.15) is 0 Å². The molecule has 0 radical (unpaired) electrons. The number of nitrogens with one attached hydrogen (secondary N) is 1. The number of carbonyl (C=O) groups excluding carboxylic acids is 2. The number of aliphatic hydroxyl groups is 1. The van der Waals surface area contributed by atoms with Crippen molar-refractivity contribution in [3.05, 3.63) is 96.1 Å². The first-order valence-electron chi connectivity index (χ1n) is 12.2. The molecule has 3 aromatic rings. The van der Waals surface area contributed by atoms with E-state index in [4.69, 9.17) is 9.47 Å². The van der Waals surface area contributed by atoms with Gasteiger partial charge in [0, 0.05) is 32.0 Å². The summed E-state index contributed by atoms with van der Waals surface area (Å²) >= 11 is 0. The van der Waals surface area contributed by atoms with Crippen LogP contribution in [0.4, 0.5) is 0 Å². The van der Waals surface area contributed by atoms with Gasteiger partial charge in [0.15, 0.2) is 0 Å². The van der Waals surface area contributed by atoms with E-state index in [1.165, 1.54) is 14.2 Å². The molecule has 2 bridgehead atoms. The molecule has 5 rings (SSSR count). The minimum absolute atomic E-state index is 0.0844. The summed E-state index contributed by atoms with van der Waals surface area (Å²) in [5.41, 5.74) is -1.01. The van der Waals surface area contributed by atoms with Gasteiger partial charge in [-0.3, -0.25) is 24.5 Å². The van der Waals surface area contributed by atoms with E-state index in [1.807, 2.05) is 54.6 Å². The highest BCUT2D eigenvalue weighted by Gasteiger charge is 2.74. The summed E-state index contributed by atoms with van der Waals surface area (Å²) in [5.74, 6) is -1.26. The highest BCUT2D eigenvalue weighted by Crippen LogP contribution is 2.61. The molecule has 0 saturated carbocycles.